The SMILES string of the molecule is CN1CCC(C2(O)c3c(c(F)cc4ccccc34)CC2(C)C)CC1. The average Bonchev–Trinajstić information content (AvgIpc) is 2.77. The minimum atomic E-state index is -0.967. The van der Waals surface area contributed by atoms with Crippen molar-refractivity contribution in [3.63, 3.8) is 0 Å². The van der Waals surface area contributed by atoms with Crippen molar-refractivity contribution < 1.29 is 9.50 Å². The maximum absolute atomic E-state index is 14.8. The van der Waals surface area contributed by atoms with Gasteiger partial charge in [0.1, 0.15) is 5.82 Å². The number of likely N-dealkylation sites (tertiary alicyclic amines) is 1. The molecule has 0 aromatic heterocycles. The lowest BCUT2D eigenvalue weighted by Crippen LogP contribution is -2.49. The lowest BCUT2D eigenvalue weighted by molar-refractivity contribution is -0.120. The molecule has 1 aliphatic heterocycles. The topological polar surface area (TPSA) is 23.5 Å². The van der Waals surface area contributed by atoms with Crippen molar-refractivity contribution in [2.75, 3.05) is 20.1 Å². The quantitative estimate of drug-likeness (QED) is 0.853. The van der Waals surface area contributed by atoms with Gasteiger partial charge in [-0.25, -0.2) is 4.39 Å². The second-order valence-electron chi connectivity index (χ2n) is 8.34. The summed E-state index contributed by atoms with van der Waals surface area (Å²) in [7, 11) is 2.13. The average molecular weight is 327 g/mol. The molecule has 1 unspecified atom stereocenters. The van der Waals surface area contributed by atoms with Crippen molar-refractivity contribution in [1.82, 2.24) is 4.90 Å². The number of hydrogen-bond donors (Lipinski definition) is 1. The zero-order chi connectivity index (χ0) is 17.1. The summed E-state index contributed by atoms with van der Waals surface area (Å²) in [6.45, 7) is 6.18. The first-order valence-corrected chi connectivity index (χ1v) is 8.96. The van der Waals surface area contributed by atoms with Crippen LogP contribution in [0.4, 0.5) is 4.39 Å². The molecule has 3 heteroatoms. The first kappa shape index (κ1) is 16.0. The summed E-state index contributed by atoms with van der Waals surface area (Å²) < 4.78 is 14.8. The van der Waals surface area contributed by atoms with E-state index in [9.17, 15) is 9.50 Å². The Kier molecular flexibility index (Phi) is 3.52. The van der Waals surface area contributed by atoms with Crippen molar-refractivity contribution in [2.45, 2.75) is 38.7 Å². The largest absolute Gasteiger partial charge is 0.384 e. The summed E-state index contributed by atoms with van der Waals surface area (Å²) in [5.74, 6) is 0.00998. The summed E-state index contributed by atoms with van der Waals surface area (Å²) in [5, 5.41) is 13.9. The van der Waals surface area contributed by atoms with E-state index in [1.807, 2.05) is 24.3 Å². The molecule has 1 saturated heterocycles. The van der Waals surface area contributed by atoms with Crippen molar-refractivity contribution in [3.05, 3.63) is 47.3 Å². The number of rotatable bonds is 1. The van der Waals surface area contributed by atoms with E-state index in [-0.39, 0.29) is 17.2 Å². The monoisotopic (exact) mass is 327 g/mol. The van der Waals surface area contributed by atoms with E-state index in [0.717, 1.165) is 47.8 Å². The molecule has 1 atom stereocenters. The predicted molar refractivity (Wildman–Crippen MR) is 95.5 cm³/mol. The van der Waals surface area contributed by atoms with Crippen molar-refractivity contribution in [2.24, 2.45) is 11.3 Å². The fourth-order valence-electron chi connectivity index (χ4n) is 5.06. The van der Waals surface area contributed by atoms with Gasteiger partial charge in [-0.15, -0.1) is 0 Å². The first-order valence-electron chi connectivity index (χ1n) is 8.96. The molecule has 24 heavy (non-hydrogen) atoms. The van der Waals surface area contributed by atoms with Crippen LogP contribution < -0.4 is 0 Å². The summed E-state index contributed by atoms with van der Waals surface area (Å²) in [6.07, 6.45) is 2.52. The van der Waals surface area contributed by atoms with E-state index in [1.165, 1.54) is 0 Å². The second kappa shape index (κ2) is 5.27. The molecule has 0 spiro atoms. The Morgan fingerprint density at radius 3 is 2.54 bits per heavy atom. The predicted octanol–water partition coefficient (Wildman–Crippen LogP) is 4.09. The molecular formula is C21H26FNO. The van der Waals surface area contributed by atoms with Gasteiger partial charge in [-0.1, -0.05) is 38.1 Å². The Bertz CT molecular complexity index is 792. The van der Waals surface area contributed by atoms with Crippen LogP contribution in [0, 0.1) is 17.2 Å². The molecule has 2 aromatic rings. The molecule has 1 heterocycles. The smallest absolute Gasteiger partial charge is 0.127 e. The van der Waals surface area contributed by atoms with Gasteiger partial charge in [-0.05, 0) is 73.3 Å². The van der Waals surface area contributed by atoms with Crippen LogP contribution >= 0.6 is 0 Å². The normalized spacial score (nSPS) is 27.5. The summed E-state index contributed by atoms with van der Waals surface area (Å²) in [4.78, 5) is 2.31. The van der Waals surface area contributed by atoms with Crippen molar-refractivity contribution in [3.8, 4) is 0 Å². The van der Waals surface area contributed by atoms with Crippen LogP contribution in [0.3, 0.4) is 0 Å². The fraction of sp³-hybridized carbons (Fsp3) is 0.524. The van der Waals surface area contributed by atoms with Gasteiger partial charge in [0.15, 0.2) is 0 Å². The first-order chi connectivity index (χ1) is 11.3. The molecule has 1 aliphatic carbocycles. The van der Waals surface area contributed by atoms with Crippen molar-refractivity contribution >= 4 is 10.8 Å². The van der Waals surface area contributed by atoms with Gasteiger partial charge in [0, 0.05) is 5.41 Å². The highest BCUT2D eigenvalue weighted by Crippen LogP contribution is 2.58. The Morgan fingerprint density at radius 1 is 1.17 bits per heavy atom. The maximum Gasteiger partial charge on any atom is 0.127 e. The molecule has 0 radical (unpaired) electrons. The Morgan fingerprint density at radius 2 is 1.83 bits per heavy atom. The van der Waals surface area contributed by atoms with E-state index < -0.39 is 5.60 Å². The summed E-state index contributed by atoms with van der Waals surface area (Å²) in [6, 6.07) is 9.53. The maximum atomic E-state index is 14.8. The molecule has 0 saturated carbocycles. The minimum Gasteiger partial charge on any atom is -0.384 e. The molecule has 128 valence electrons. The highest BCUT2D eigenvalue weighted by Gasteiger charge is 2.57. The number of nitrogens with zero attached hydrogens (tertiary/aromatic N) is 1. The van der Waals surface area contributed by atoms with E-state index in [1.54, 1.807) is 6.07 Å². The third kappa shape index (κ3) is 2.07. The fourth-order valence-corrected chi connectivity index (χ4v) is 5.06. The molecule has 1 N–H and O–H groups in total. The number of benzene rings is 2. The van der Waals surface area contributed by atoms with Crippen molar-refractivity contribution in [1.29, 1.82) is 0 Å². The van der Waals surface area contributed by atoms with Gasteiger partial charge in [-0.3, -0.25) is 0 Å². The van der Waals surface area contributed by atoms with Gasteiger partial charge in [-0.2, -0.15) is 0 Å². The van der Waals surface area contributed by atoms with Crippen LogP contribution in [0.25, 0.3) is 10.8 Å². The number of halogens is 1. The zero-order valence-corrected chi connectivity index (χ0v) is 14.8. The molecule has 2 aliphatic rings. The van der Waals surface area contributed by atoms with E-state index in [2.05, 4.69) is 25.8 Å². The number of piperidine rings is 1. The lowest BCUT2D eigenvalue weighted by atomic mass is 9.65. The zero-order valence-electron chi connectivity index (χ0n) is 14.8. The third-order valence-corrected chi connectivity index (χ3v) is 6.44. The van der Waals surface area contributed by atoms with Gasteiger partial charge in [0.2, 0.25) is 0 Å². The van der Waals surface area contributed by atoms with Gasteiger partial charge in [0.05, 0.1) is 5.60 Å². The Hall–Kier alpha value is -1.45. The lowest BCUT2D eigenvalue weighted by Gasteiger charge is -2.46. The second-order valence-corrected chi connectivity index (χ2v) is 8.34. The van der Waals surface area contributed by atoms with E-state index in [4.69, 9.17) is 0 Å². The molecule has 0 amide bonds. The Balaban J connectivity index is 1.96. The van der Waals surface area contributed by atoms with Crippen LogP contribution in [0.2, 0.25) is 0 Å². The molecule has 0 bridgehead atoms. The van der Waals surface area contributed by atoms with Crippen LogP contribution in [0.15, 0.2) is 30.3 Å². The molecule has 2 aromatic carbocycles. The van der Waals surface area contributed by atoms with Gasteiger partial charge >= 0.3 is 0 Å². The van der Waals surface area contributed by atoms with Crippen LogP contribution in [0.5, 0.6) is 0 Å². The highest BCUT2D eigenvalue weighted by atomic mass is 19.1. The van der Waals surface area contributed by atoms with Gasteiger partial charge < -0.3 is 10.0 Å². The molecular weight excluding hydrogens is 301 g/mol. The standard InChI is InChI=1S/C21H26FNO/c1-20(2)13-17-18(22)12-14-6-4-5-7-16(14)19(17)21(20,24)15-8-10-23(3)11-9-15/h4-7,12,15,24H,8-11,13H2,1-3H3. The number of aliphatic hydroxyl groups is 1. The summed E-state index contributed by atoms with van der Waals surface area (Å²) >= 11 is 0. The molecule has 4 rings (SSSR count). The molecule has 2 nitrogen and oxygen atoms in total. The highest BCUT2D eigenvalue weighted by molar-refractivity contribution is 5.88. The van der Waals surface area contributed by atoms with Crippen LogP contribution in [0.1, 0.15) is 37.8 Å². The number of hydrogen-bond acceptors (Lipinski definition) is 2. The minimum absolute atomic E-state index is 0.166. The van der Waals surface area contributed by atoms with Crippen LogP contribution in [-0.4, -0.2) is 30.1 Å². The number of fused-ring (bicyclic) bond motifs is 3. The summed E-state index contributed by atoms with van der Waals surface area (Å²) in [5.41, 5.74) is 0.254. The molecule has 1 fully saturated rings. The Labute approximate surface area is 143 Å². The van der Waals surface area contributed by atoms with Gasteiger partial charge in [0.25, 0.3) is 0 Å². The van der Waals surface area contributed by atoms with Crippen LogP contribution in [-0.2, 0) is 12.0 Å². The third-order valence-electron chi connectivity index (χ3n) is 6.44. The van der Waals surface area contributed by atoms with E-state index >= 15 is 0 Å². The van der Waals surface area contributed by atoms with E-state index in [0.29, 0.717) is 6.42 Å².